The van der Waals surface area contributed by atoms with E-state index in [0.29, 0.717) is 31.9 Å². The van der Waals surface area contributed by atoms with Crippen LogP contribution in [0.15, 0.2) is 48.5 Å². The molecule has 0 bridgehead atoms. The van der Waals surface area contributed by atoms with Crippen LogP contribution in [0.4, 0.5) is 0 Å². The molecule has 0 radical (unpaired) electrons. The third kappa shape index (κ3) is 5.32. The number of amides is 1. The lowest BCUT2D eigenvalue weighted by molar-refractivity contribution is -0.123. The highest BCUT2D eigenvalue weighted by molar-refractivity contribution is 5.78. The van der Waals surface area contributed by atoms with Crippen molar-refractivity contribution in [3.63, 3.8) is 0 Å². The van der Waals surface area contributed by atoms with Gasteiger partial charge in [-0.15, -0.1) is 0 Å². The Balaban J connectivity index is 1.62. The lowest BCUT2D eigenvalue weighted by Crippen LogP contribution is -2.41. The molecule has 146 valence electrons. The fourth-order valence-corrected chi connectivity index (χ4v) is 3.31. The Labute approximate surface area is 165 Å². The molecule has 0 saturated heterocycles. The van der Waals surface area contributed by atoms with E-state index in [1.807, 2.05) is 41.3 Å². The lowest BCUT2D eigenvalue weighted by atomic mass is 10.0. The molecule has 1 amide bonds. The van der Waals surface area contributed by atoms with Crippen LogP contribution in [0.5, 0.6) is 5.75 Å². The van der Waals surface area contributed by atoms with E-state index in [1.165, 1.54) is 0 Å². The van der Waals surface area contributed by atoms with Crippen LogP contribution < -0.4 is 10.1 Å². The topological polar surface area (TPSA) is 74.6 Å². The molecule has 0 saturated carbocycles. The van der Waals surface area contributed by atoms with Crippen molar-refractivity contribution in [1.82, 2.24) is 10.2 Å². The maximum Gasteiger partial charge on any atom is 0.234 e. The second kappa shape index (κ2) is 9.88. The molecule has 0 aromatic heterocycles. The number of benzene rings is 2. The molecule has 1 atom stereocenters. The van der Waals surface area contributed by atoms with Gasteiger partial charge < -0.3 is 14.8 Å². The molecular weight excluding hydrogens is 354 g/mol. The Morgan fingerprint density at radius 2 is 2.07 bits per heavy atom. The van der Waals surface area contributed by atoms with Gasteiger partial charge in [0.15, 0.2) is 0 Å². The molecule has 0 fully saturated rings. The van der Waals surface area contributed by atoms with E-state index >= 15 is 0 Å². The minimum absolute atomic E-state index is 0.0218. The normalized spacial score (nSPS) is 15.4. The number of rotatable bonds is 8. The van der Waals surface area contributed by atoms with E-state index in [9.17, 15) is 4.79 Å². The minimum atomic E-state index is -0.0309. The molecule has 6 nitrogen and oxygen atoms in total. The third-order valence-electron chi connectivity index (χ3n) is 4.76. The van der Waals surface area contributed by atoms with Gasteiger partial charge >= 0.3 is 0 Å². The van der Waals surface area contributed by atoms with Crippen LogP contribution in [0.1, 0.15) is 29.2 Å². The molecule has 3 rings (SSSR count). The number of nitrogens with one attached hydrogen (secondary N) is 1. The van der Waals surface area contributed by atoms with Gasteiger partial charge in [0.05, 0.1) is 37.4 Å². The molecule has 2 aromatic rings. The predicted octanol–water partition coefficient (Wildman–Crippen LogP) is 2.65. The summed E-state index contributed by atoms with van der Waals surface area (Å²) in [4.78, 5) is 14.8. The summed E-state index contributed by atoms with van der Waals surface area (Å²) in [5, 5.41) is 12.1. The van der Waals surface area contributed by atoms with Crippen LogP contribution in [0.2, 0.25) is 0 Å². The summed E-state index contributed by atoms with van der Waals surface area (Å²) in [6.07, 6.45) is 0.760. The van der Waals surface area contributed by atoms with Gasteiger partial charge in [0.2, 0.25) is 5.91 Å². The fourth-order valence-electron chi connectivity index (χ4n) is 3.31. The molecule has 1 unspecified atom stereocenters. The van der Waals surface area contributed by atoms with E-state index < -0.39 is 0 Å². The Bertz CT molecular complexity index is 830. The minimum Gasteiger partial charge on any atom is -0.493 e. The number of nitrogens with zero attached hydrogens (tertiary/aromatic N) is 2. The number of nitriles is 1. The number of carbonyl (C=O) groups excluding carboxylic acids is 1. The van der Waals surface area contributed by atoms with E-state index in [2.05, 4.69) is 11.4 Å². The summed E-state index contributed by atoms with van der Waals surface area (Å²) < 4.78 is 10.9. The van der Waals surface area contributed by atoms with E-state index in [-0.39, 0.29) is 18.5 Å². The Kier molecular flexibility index (Phi) is 7.01. The molecule has 0 aliphatic carbocycles. The number of hydrogen-bond donors (Lipinski definition) is 1. The zero-order valence-corrected chi connectivity index (χ0v) is 16.1. The molecule has 1 aliphatic rings. The molecular formula is C22H25N3O3. The van der Waals surface area contributed by atoms with Crippen molar-refractivity contribution in [2.75, 3.05) is 33.4 Å². The fraction of sp³-hybridized carbons (Fsp3) is 0.364. The first-order chi connectivity index (χ1) is 13.7. The zero-order chi connectivity index (χ0) is 19.8. The number of carbonyl (C=O) groups is 1. The monoisotopic (exact) mass is 379 g/mol. The Morgan fingerprint density at radius 1 is 1.29 bits per heavy atom. The molecule has 1 heterocycles. The van der Waals surface area contributed by atoms with Gasteiger partial charge in [0.25, 0.3) is 0 Å². The summed E-state index contributed by atoms with van der Waals surface area (Å²) in [6, 6.07) is 17.4. The molecule has 1 N–H and O–H groups in total. The van der Waals surface area contributed by atoms with Gasteiger partial charge in [-0.05, 0) is 23.8 Å². The van der Waals surface area contributed by atoms with Gasteiger partial charge in [0.1, 0.15) is 5.75 Å². The quantitative estimate of drug-likeness (QED) is 0.763. The van der Waals surface area contributed by atoms with Crippen molar-refractivity contribution < 1.29 is 14.3 Å². The Morgan fingerprint density at radius 3 is 2.82 bits per heavy atom. The van der Waals surface area contributed by atoms with Crippen molar-refractivity contribution in [3.8, 4) is 11.8 Å². The Hall–Kier alpha value is -2.88. The van der Waals surface area contributed by atoms with Crippen LogP contribution in [0.3, 0.4) is 0 Å². The summed E-state index contributed by atoms with van der Waals surface area (Å²) in [5.74, 6) is 0.819. The van der Waals surface area contributed by atoms with Crippen LogP contribution in [0, 0.1) is 11.3 Å². The SMILES string of the molecule is COCCN(CC(=O)NC1CCOc2ccccc21)Cc1ccc(C#N)cc1. The molecule has 1 aliphatic heterocycles. The van der Waals surface area contributed by atoms with Crippen molar-refractivity contribution in [2.24, 2.45) is 0 Å². The maximum absolute atomic E-state index is 12.7. The van der Waals surface area contributed by atoms with Crippen LogP contribution in [-0.2, 0) is 16.1 Å². The van der Waals surface area contributed by atoms with Crippen molar-refractivity contribution in [2.45, 2.75) is 19.0 Å². The highest BCUT2D eigenvalue weighted by atomic mass is 16.5. The first-order valence-corrected chi connectivity index (χ1v) is 9.41. The van der Waals surface area contributed by atoms with Gasteiger partial charge in [-0.3, -0.25) is 9.69 Å². The average molecular weight is 379 g/mol. The summed E-state index contributed by atoms with van der Waals surface area (Å²) in [6.45, 7) is 2.69. The molecule has 2 aromatic carbocycles. The van der Waals surface area contributed by atoms with Crippen molar-refractivity contribution >= 4 is 5.91 Å². The second-order valence-electron chi connectivity index (χ2n) is 6.81. The predicted molar refractivity (Wildman–Crippen MR) is 106 cm³/mol. The number of ether oxygens (including phenoxy) is 2. The van der Waals surface area contributed by atoms with Crippen molar-refractivity contribution in [3.05, 3.63) is 65.2 Å². The van der Waals surface area contributed by atoms with Gasteiger partial charge in [-0.2, -0.15) is 5.26 Å². The highest BCUT2D eigenvalue weighted by Crippen LogP contribution is 2.31. The lowest BCUT2D eigenvalue weighted by Gasteiger charge is -2.28. The third-order valence-corrected chi connectivity index (χ3v) is 4.76. The summed E-state index contributed by atoms with van der Waals surface area (Å²) in [7, 11) is 1.65. The number of hydrogen-bond acceptors (Lipinski definition) is 5. The van der Waals surface area contributed by atoms with Gasteiger partial charge in [-0.1, -0.05) is 30.3 Å². The average Bonchev–Trinajstić information content (AvgIpc) is 2.73. The van der Waals surface area contributed by atoms with Crippen LogP contribution in [0.25, 0.3) is 0 Å². The van der Waals surface area contributed by atoms with Gasteiger partial charge in [0, 0.05) is 32.2 Å². The first kappa shape index (κ1) is 19.9. The summed E-state index contributed by atoms with van der Waals surface area (Å²) in [5.41, 5.74) is 2.71. The number of methoxy groups -OCH3 is 1. The van der Waals surface area contributed by atoms with E-state index in [1.54, 1.807) is 19.2 Å². The highest BCUT2D eigenvalue weighted by Gasteiger charge is 2.23. The van der Waals surface area contributed by atoms with Crippen LogP contribution in [-0.4, -0.2) is 44.2 Å². The number of fused-ring (bicyclic) bond motifs is 1. The summed E-state index contributed by atoms with van der Waals surface area (Å²) >= 11 is 0. The van der Waals surface area contributed by atoms with Gasteiger partial charge in [-0.25, -0.2) is 0 Å². The zero-order valence-electron chi connectivity index (χ0n) is 16.1. The largest absolute Gasteiger partial charge is 0.493 e. The number of para-hydroxylation sites is 1. The van der Waals surface area contributed by atoms with Crippen molar-refractivity contribution in [1.29, 1.82) is 5.26 Å². The van der Waals surface area contributed by atoms with E-state index in [4.69, 9.17) is 14.7 Å². The van der Waals surface area contributed by atoms with Crippen LogP contribution >= 0.6 is 0 Å². The smallest absolute Gasteiger partial charge is 0.234 e. The standard InChI is InChI=1S/C22H25N3O3/c1-27-13-11-25(15-18-8-6-17(14-23)7-9-18)16-22(26)24-20-10-12-28-21-5-3-2-4-19(20)21/h2-9,20H,10-13,15-16H2,1H3,(H,24,26). The van der Waals surface area contributed by atoms with E-state index in [0.717, 1.165) is 23.3 Å². The second-order valence-corrected chi connectivity index (χ2v) is 6.81. The first-order valence-electron chi connectivity index (χ1n) is 9.41. The molecule has 0 spiro atoms. The maximum atomic E-state index is 12.7. The molecule has 28 heavy (non-hydrogen) atoms. The molecule has 6 heteroatoms.